The number of rotatable bonds is 2. The standard InChI is InChI=1S/C16H6O10S2/c17-13-7-1-5(27(21,22)23)2-8-11(7)12-9(14(13)18)3-6(28(24,25)26)4-10(12)16(20)15(8)19/h1-4H,(H,21,22,23)(H,24,25,26). The van der Waals surface area contributed by atoms with Crippen LogP contribution >= 0.6 is 0 Å². The van der Waals surface area contributed by atoms with Crippen LogP contribution in [0.25, 0.3) is 32.7 Å². The molecular weight excluding hydrogens is 416 g/mol. The molecule has 0 saturated heterocycles. The van der Waals surface area contributed by atoms with Crippen LogP contribution in [0.5, 0.6) is 0 Å². The van der Waals surface area contributed by atoms with E-state index in [1.165, 1.54) is 0 Å². The van der Waals surface area contributed by atoms with Crippen molar-refractivity contribution in [1.82, 2.24) is 0 Å². The van der Waals surface area contributed by atoms with E-state index >= 15 is 0 Å². The zero-order valence-electron chi connectivity index (χ0n) is 13.3. The van der Waals surface area contributed by atoms with Crippen LogP contribution in [0.3, 0.4) is 0 Å². The fourth-order valence-electron chi connectivity index (χ4n) is 3.27. The van der Waals surface area contributed by atoms with Crippen LogP contribution < -0.4 is 21.7 Å². The van der Waals surface area contributed by atoms with Gasteiger partial charge >= 0.3 is 0 Å². The molecule has 0 unspecified atom stereocenters. The lowest BCUT2D eigenvalue weighted by molar-refractivity contribution is 0.481. The molecule has 0 fully saturated rings. The largest absolute Gasteiger partial charge is 0.294 e. The summed E-state index contributed by atoms with van der Waals surface area (Å²) in [5.74, 6) is 0. The van der Waals surface area contributed by atoms with Gasteiger partial charge in [-0.25, -0.2) is 0 Å². The second-order valence-corrected chi connectivity index (χ2v) is 8.90. The third-order valence-electron chi connectivity index (χ3n) is 4.46. The first-order chi connectivity index (χ1) is 12.8. The van der Waals surface area contributed by atoms with E-state index < -0.39 is 73.3 Å². The maximum atomic E-state index is 12.5. The number of benzene rings is 4. The van der Waals surface area contributed by atoms with Crippen LogP contribution in [0, 0.1) is 0 Å². The summed E-state index contributed by atoms with van der Waals surface area (Å²) in [7, 11) is -9.75. The highest BCUT2D eigenvalue weighted by Crippen LogP contribution is 2.36. The molecule has 2 aromatic rings. The van der Waals surface area contributed by atoms with Crippen molar-refractivity contribution < 1.29 is 25.9 Å². The summed E-state index contributed by atoms with van der Waals surface area (Å²) in [5.41, 5.74) is -5.50. The lowest BCUT2D eigenvalue weighted by Gasteiger charge is -2.15. The van der Waals surface area contributed by atoms with E-state index in [9.17, 15) is 45.1 Å². The van der Waals surface area contributed by atoms with E-state index in [4.69, 9.17) is 0 Å². The first-order valence-electron chi connectivity index (χ1n) is 7.32. The van der Waals surface area contributed by atoms with Crippen LogP contribution in [0.15, 0.2) is 53.2 Å². The summed E-state index contributed by atoms with van der Waals surface area (Å²) < 4.78 is 64.3. The summed E-state index contributed by atoms with van der Waals surface area (Å²) in [6.07, 6.45) is 0. The maximum absolute atomic E-state index is 12.5. The van der Waals surface area contributed by atoms with Crippen LogP contribution in [0.2, 0.25) is 0 Å². The first kappa shape index (κ1) is 18.3. The zero-order valence-corrected chi connectivity index (χ0v) is 14.9. The highest BCUT2D eigenvalue weighted by atomic mass is 32.2. The predicted molar refractivity (Wildman–Crippen MR) is 96.3 cm³/mol. The van der Waals surface area contributed by atoms with Gasteiger partial charge < -0.3 is 0 Å². The molecule has 0 heterocycles. The highest BCUT2D eigenvalue weighted by molar-refractivity contribution is 7.86. The Morgan fingerprint density at radius 2 is 0.714 bits per heavy atom. The quantitative estimate of drug-likeness (QED) is 0.239. The Hall–Kier alpha value is -3.06. The van der Waals surface area contributed by atoms with E-state index in [-0.39, 0.29) is 11.1 Å². The second-order valence-electron chi connectivity index (χ2n) is 6.05. The van der Waals surface area contributed by atoms with E-state index in [1.807, 2.05) is 0 Å². The van der Waals surface area contributed by atoms with Crippen molar-refractivity contribution in [1.29, 1.82) is 0 Å². The molecule has 0 spiro atoms. The molecular formula is C16H6O10S2. The van der Waals surface area contributed by atoms with Crippen molar-refractivity contribution >= 4 is 41.8 Å². The first-order valence-corrected chi connectivity index (χ1v) is 10.2. The Morgan fingerprint density at radius 3 is 0.893 bits per heavy atom. The monoisotopic (exact) mass is 422 g/mol. The average Bonchev–Trinajstić information content (AvgIpc) is 2.60. The molecule has 142 valence electrons. The second kappa shape index (κ2) is 5.26. The molecule has 10 nitrogen and oxygen atoms in total. The highest BCUT2D eigenvalue weighted by Gasteiger charge is 2.28. The topological polar surface area (TPSA) is 177 Å². The molecule has 4 rings (SSSR count). The third-order valence-corrected chi connectivity index (χ3v) is 6.12. The minimum atomic E-state index is -4.87. The molecule has 0 atom stereocenters. The smallest absolute Gasteiger partial charge is 0.285 e. The third kappa shape index (κ3) is 2.32. The molecule has 0 saturated carbocycles. The van der Waals surface area contributed by atoms with E-state index in [2.05, 4.69) is 0 Å². The van der Waals surface area contributed by atoms with Gasteiger partial charge in [0.15, 0.2) is 0 Å². The van der Waals surface area contributed by atoms with Gasteiger partial charge in [-0.05, 0) is 24.3 Å². The van der Waals surface area contributed by atoms with Crippen molar-refractivity contribution in [3.63, 3.8) is 0 Å². The number of hydrogen-bond donors (Lipinski definition) is 2. The molecule has 28 heavy (non-hydrogen) atoms. The SMILES string of the molecule is O=c1c(=O)c2cc(S(=O)(=O)O)cc3c2-c2c1cc(S(=O)(=O)O)cc2c(=O)c3=O. The summed E-state index contributed by atoms with van der Waals surface area (Å²) in [5, 5.41) is -2.10. The van der Waals surface area contributed by atoms with Gasteiger partial charge in [-0.3, -0.25) is 28.3 Å². The van der Waals surface area contributed by atoms with Crippen LogP contribution in [-0.2, 0) is 20.2 Å². The van der Waals surface area contributed by atoms with Crippen LogP contribution in [-0.4, -0.2) is 25.9 Å². The van der Waals surface area contributed by atoms with Crippen molar-refractivity contribution in [3.05, 3.63) is 65.2 Å². The molecule has 0 bridgehead atoms. The van der Waals surface area contributed by atoms with Gasteiger partial charge in [-0.15, -0.1) is 0 Å². The molecule has 2 aromatic carbocycles. The Kier molecular flexibility index (Phi) is 3.44. The van der Waals surface area contributed by atoms with Gasteiger partial charge in [0.2, 0.25) is 21.7 Å². The number of hydrogen-bond acceptors (Lipinski definition) is 8. The average molecular weight is 422 g/mol. The van der Waals surface area contributed by atoms with Gasteiger partial charge in [-0.1, -0.05) is 0 Å². The van der Waals surface area contributed by atoms with Gasteiger partial charge in [0.25, 0.3) is 20.2 Å². The van der Waals surface area contributed by atoms with Crippen molar-refractivity contribution in [2.75, 3.05) is 0 Å². The Balaban J connectivity index is 2.48. The molecule has 2 aliphatic rings. The van der Waals surface area contributed by atoms with E-state index in [1.54, 1.807) is 0 Å². The molecule has 2 aliphatic carbocycles. The minimum Gasteiger partial charge on any atom is -0.285 e. The van der Waals surface area contributed by atoms with Crippen molar-refractivity contribution in [2.45, 2.75) is 9.79 Å². The van der Waals surface area contributed by atoms with E-state index in [0.29, 0.717) is 24.3 Å². The summed E-state index contributed by atoms with van der Waals surface area (Å²) >= 11 is 0. The van der Waals surface area contributed by atoms with Gasteiger partial charge in [0.1, 0.15) is 0 Å². The van der Waals surface area contributed by atoms with Crippen LogP contribution in [0.4, 0.5) is 0 Å². The van der Waals surface area contributed by atoms with Gasteiger partial charge in [-0.2, -0.15) is 16.8 Å². The molecule has 0 radical (unpaired) electrons. The molecule has 0 aliphatic heterocycles. The van der Waals surface area contributed by atoms with E-state index in [0.717, 1.165) is 0 Å². The fourth-order valence-corrected chi connectivity index (χ4v) is 4.34. The fraction of sp³-hybridized carbons (Fsp3) is 0. The molecule has 0 amide bonds. The Morgan fingerprint density at radius 1 is 0.500 bits per heavy atom. The molecule has 0 aromatic heterocycles. The van der Waals surface area contributed by atoms with Gasteiger partial charge in [0.05, 0.1) is 9.79 Å². The predicted octanol–water partition coefficient (Wildman–Crippen LogP) is -0.655. The Bertz CT molecular complexity index is 1500. The maximum Gasteiger partial charge on any atom is 0.294 e. The summed E-state index contributed by atoms with van der Waals surface area (Å²) in [6, 6.07) is 2.78. The van der Waals surface area contributed by atoms with Crippen molar-refractivity contribution in [2.24, 2.45) is 0 Å². The Labute approximate surface area is 154 Å². The van der Waals surface area contributed by atoms with Crippen molar-refractivity contribution in [3.8, 4) is 11.1 Å². The normalized spacial score (nSPS) is 13.1. The zero-order chi connectivity index (χ0) is 20.8. The summed E-state index contributed by atoms with van der Waals surface area (Å²) in [6.45, 7) is 0. The molecule has 2 N–H and O–H groups in total. The van der Waals surface area contributed by atoms with Crippen LogP contribution in [0.1, 0.15) is 0 Å². The molecule has 12 heteroatoms. The lowest BCUT2D eigenvalue weighted by atomic mass is 9.87. The minimum absolute atomic E-state index is 0.214. The lowest BCUT2D eigenvalue weighted by Crippen LogP contribution is -2.32. The van der Waals surface area contributed by atoms with Gasteiger partial charge in [0, 0.05) is 32.7 Å². The summed E-state index contributed by atoms with van der Waals surface area (Å²) in [4.78, 5) is 48.1.